The Morgan fingerprint density at radius 1 is 0.966 bits per heavy atom. The summed E-state index contributed by atoms with van der Waals surface area (Å²) in [7, 11) is 0. The average molecular weight is 450 g/mol. The van der Waals surface area contributed by atoms with Gasteiger partial charge in [0.15, 0.2) is 6.61 Å². The van der Waals surface area contributed by atoms with Crippen LogP contribution in [-0.2, 0) is 6.61 Å². The fraction of sp³-hybridized carbons (Fsp3) is 0.0455. The fourth-order valence-corrected chi connectivity index (χ4v) is 3.07. The number of carbonyl (C=O) groups is 1. The van der Waals surface area contributed by atoms with E-state index in [0.717, 1.165) is 10.0 Å². The Kier molecular flexibility index (Phi) is 5.67. The van der Waals surface area contributed by atoms with Crippen LogP contribution in [0.4, 0.5) is 5.69 Å². The van der Waals surface area contributed by atoms with Gasteiger partial charge in [0.2, 0.25) is 5.82 Å². The van der Waals surface area contributed by atoms with Crippen molar-refractivity contribution in [2.45, 2.75) is 6.61 Å². The molecule has 0 fully saturated rings. The predicted octanol–water partition coefficient (Wildman–Crippen LogP) is 5.33. The highest BCUT2D eigenvalue weighted by Gasteiger charge is 2.15. The molecule has 0 aliphatic rings. The van der Waals surface area contributed by atoms with E-state index in [1.165, 1.54) is 0 Å². The third kappa shape index (κ3) is 4.52. The molecule has 1 N–H and O–H groups in total. The molecule has 0 radical (unpaired) electrons. The zero-order chi connectivity index (χ0) is 20.1. The van der Waals surface area contributed by atoms with E-state index in [1.54, 1.807) is 24.3 Å². The monoisotopic (exact) mass is 449 g/mol. The number of carbonyl (C=O) groups excluding carboxylic acids is 1. The Balaban J connectivity index is 1.47. The number of aromatic nitrogens is 2. The van der Waals surface area contributed by atoms with E-state index in [0.29, 0.717) is 28.7 Å². The van der Waals surface area contributed by atoms with Crippen molar-refractivity contribution in [1.82, 2.24) is 10.1 Å². The van der Waals surface area contributed by atoms with Gasteiger partial charge in [0.05, 0.1) is 11.3 Å². The van der Waals surface area contributed by atoms with Crippen molar-refractivity contribution in [1.29, 1.82) is 0 Å². The predicted molar refractivity (Wildman–Crippen MR) is 113 cm³/mol. The molecule has 1 heterocycles. The van der Waals surface area contributed by atoms with Crippen molar-refractivity contribution in [3.63, 3.8) is 0 Å². The van der Waals surface area contributed by atoms with Crippen LogP contribution in [-0.4, -0.2) is 16.0 Å². The van der Waals surface area contributed by atoms with E-state index >= 15 is 0 Å². The first kappa shape index (κ1) is 18.9. The third-order valence-electron chi connectivity index (χ3n) is 4.10. The molecule has 6 nitrogen and oxygen atoms in total. The zero-order valence-electron chi connectivity index (χ0n) is 15.2. The first-order chi connectivity index (χ1) is 14.2. The second-order valence-electron chi connectivity index (χ2n) is 6.10. The summed E-state index contributed by atoms with van der Waals surface area (Å²) in [5, 5.41) is 6.84. The Morgan fingerprint density at radius 2 is 1.69 bits per heavy atom. The van der Waals surface area contributed by atoms with Gasteiger partial charge in [-0.25, -0.2) is 0 Å². The normalized spacial score (nSPS) is 10.5. The summed E-state index contributed by atoms with van der Waals surface area (Å²) in [4.78, 5) is 17.1. The molecule has 29 heavy (non-hydrogen) atoms. The lowest BCUT2D eigenvalue weighted by atomic mass is 10.2. The summed E-state index contributed by atoms with van der Waals surface area (Å²) < 4.78 is 11.8. The molecule has 144 valence electrons. The van der Waals surface area contributed by atoms with Crippen LogP contribution in [0.15, 0.2) is 87.9 Å². The first-order valence-electron chi connectivity index (χ1n) is 8.86. The Labute approximate surface area is 175 Å². The van der Waals surface area contributed by atoms with E-state index in [-0.39, 0.29) is 12.5 Å². The average Bonchev–Trinajstić information content (AvgIpc) is 3.24. The van der Waals surface area contributed by atoms with Gasteiger partial charge < -0.3 is 14.6 Å². The molecule has 1 amide bonds. The maximum Gasteiger partial charge on any atom is 0.264 e. The van der Waals surface area contributed by atoms with Gasteiger partial charge in [-0.15, -0.1) is 0 Å². The molecule has 0 atom stereocenters. The number of nitrogens with zero attached hydrogens (tertiary/aromatic N) is 2. The SMILES string of the molecule is O=C(Nc1ccccc1Br)c1ccccc1OCc1nc(-c2ccccc2)no1. The minimum absolute atomic E-state index is 0.0547. The van der Waals surface area contributed by atoms with Crippen molar-refractivity contribution in [2.24, 2.45) is 0 Å². The lowest BCUT2D eigenvalue weighted by Crippen LogP contribution is -2.14. The van der Waals surface area contributed by atoms with Crippen LogP contribution in [0.1, 0.15) is 16.2 Å². The lowest BCUT2D eigenvalue weighted by Gasteiger charge is -2.11. The number of ether oxygens (including phenoxy) is 1. The zero-order valence-corrected chi connectivity index (χ0v) is 16.8. The minimum atomic E-state index is -0.275. The van der Waals surface area contributed by atoms with Gasteiger partial charge in [-0.05, 0) is 40.2 Å². The van der Waals surface area contributed by atoms with Crippen molar-refractivity contribution in [3.8, 4) is 17.1 Å². The standard InChI is InChI=1S/C22H16BrN3O3/c23-17-11-5-6-12-18(17)24-22(27)16-10-4-7-13-19(16)28-14-20-25-21(26-29-20)15-8-2-1-3-9-15/h1-13H,14H2,(H,24,27). The lowest BCUT2D eigenvalue weighted by molar-refractivity contribution is 0.102. The maximum atomic E-state index is 12.7. The summed E-state index contributed by atoms with van der Waals surface area (Å²) in [6.45, 7) is 0.0547. The molecule has 3 aromatic carbocycles. The number of amides is 1. The molecule has 0 bridgehead atoms. The summed E-state index contributed by atoms with van der Waals surface area (Å²) in [6, 6.07) is 23.9. The van der Waals surface area contributed by atoms with Crippen LogP contribution in [0.5, 0.6) is 5.75 Å². The second kappa shape index (κ2) is 8.70. The first-order valence-corrected chi connectivity index (χ1v) is 9.66. The van der Waals surface area contributed by atoms with Gasteiger partial charge in [0.25, 0.3) is 11.8 Å². The third-order valence-corrected chi connectivity index (χ3v) is 4.80. The molecule has 4 rings (SSSR count). The van der Waals surface area contributed by atoms with Crippen molar-refractivity contribution in [3.05, 3.63) is 94.8 Å². The fourth-order valence-electron chi connectivity index (χ4n) is 2.69. The molecule has 0 saturated carbocycles. The van der Waals surface area contributed by atoms with Crippen LogP contribution >= 0.6 is 15.9 Å². The second-order valence-corrected chi connectivity index (χ2v) is 6.95. The highest BCUT2D eigenvalue weighted by molar-refractivity contribution is 9.10. The Morgan fingerprint density at radius 3 is 2.52 bits per heavy atom. The molecule has 0 saturated heterocycles. The smallest absolute Gasteiger partial charge is 0.264 e. The number of rotatable bonds is 6. The number of para-hydroxylation sites is 2. The van der Waals surface area contributed by atoms with Crippen LogP contribution in [0, 0.1) is 0 Å². The summed E-state index contributed by atoms with van der Waals surface area (Å²) in [5.41, 5.74) is 1.94. The largest absolute Gasteiger partial charge is 0.483 e. The van der Waals surface area contributed by atoms with Gasteiger partial charge in [-0.3, -0.25) is 4.79 Å². The molecular formula is C22H16BrN3O3. The molecule has 0 aliphatic carbocycles. The maximum absolute atomic E-state index is 12.7. The van der Waals surface area contributed by atoms with Gasteiger partial charge >= 0.3 is 0 Å². The quantitative estimate of drug-likeness (QED) is 0.430. The van der Waals surface area contributed by atoms with Crippen molar-refractivity contribution < 1.29 is 14.1 Å². The Hall–Kier alpha value is -3.45. The van der Waals surface area contributed by atoms with Gasteiger partial charge in [0, 0.05) is 10.0 Å². The van der Waals surface area contributed by atoms with Crippen molar-refractivity contribution in [2.75, 3.05) is 5.32 Å². The number of nitrogens with one attached hydrogen (secondary N) is 1. The van der Waals surface area contributed by atoms with Crippen molar-refractivity contribution >= 4 is 27.5 Å². The number of anilines is 1. The molecule has 0 aliphatic heterocycles. The number of hydrogen-bond acceptors (Lipinski definition) is 5. The molecule has 0 spiro atoms. The topological polar surface area (TPSA) is 77.2 Å². The molecular weight excluding hydrogens is 434 g/mol. The number of halogens is 1. The Bertz CT molecular complexity index is 1130. The van der Waals surface area contributed by atoms with Gasteiger partial charge in [-0.1, -0.05) is 59.8 Å². The van der Waals surface area contributed by atoms with E-state index in [2.05, 4.69) is 31.4 Å². The summed E-state index contributed by atoms with van der Waals surface area (Å²) in [5.74, 6) is 0.966. The number of benzene rings is 3. The summed E-state index contributed by atoms with van der Waals surface area (Å²) in [6.07, 6.45) is 0. The van der Waals surface area contributed by atoms with E-state index < -0.39 is 0 Å². The molecule has 1 aromatic heterocycles. The van der Waals surface area contributed by atoms with Crippen LogP contribution in [0.2, 0.25) is 0 Å². The highest BCUT2D eigenvalue weighted by atomic mass is 79.9. The minimum Gasteiger partial charge on any atom is -0.483 e. The molecule has 4 aromatic rings. The summed E-state index contributed by atoms with van der Waals surface area (Å²) >= 11 is 3.43. The van der Waals surface area contributed by atoms with Crippen LogP contribution in [0.3, 0.4) is 0 Å². The van der Waals surface area contributed by atoms with Gasteiger partial charge in [0.1, 0.15) is 5.75 Å². The number of hydrogen-bond donors (Lipinski definition) is 1. The van der Waals surface area contributed by atoms with Crippen LogP contribution in [0.25, 0.3) is 11.4 Å². The van der Waals surface area contributed by atoms with Gasteiger partial charge in [-0.2, -0.15) is 4.98 Å². The van der Waals surface area contributed by atoms with E-state index in [4.69, 9.17) is 9.26 Å². The van der Waals surface area contributed by atoms with Crippen LogP contribution < -0.4 is 10.1 Å². The van der Waals surface area contributed by atoms with E-state index in [1.807, 2.05) is 54.6 Å². The highest BCUT2D eigenvalue weighted by Crippen LogP contribution is 2.25. The molecule has 7 heteroatoms. The molecule has 0 unspecified atom stereocenters. The van der Waals surface area contributed by atoms with E-state index in [9.17, 15) is 4.79 Å².